The molecule has 1 aliphatic rings. The molecular weight excluding hydrogens is 230 g/mol. The minimum atomic E-state index is -2.95. The van der Waals surface area contributed by atoms with Gasteiger partial charge in [-0.2, -0.15) is 0 Å². The Kier molecular flexibility index (Phi) is 4.73. The molecule has 0 spiro atoms. The molecule has 1 fully saturated rings. The molecular formula is C10H21NO4S. The third-order valence-corrected chi connectivity index (χ3v) is 5.08. The van der Waals surface area contributed by atoms with E-state index in [0.29, 0.717) is 12.8 Å². The molecule has 0 aromatic heterocycles. The van der Waals surface area contributed by atoms with E-state index in [1.165, 1.54) is 0 Å². The van der Waals surface area contributed by atoms with Gasteiger partial charge in [0.1, 0.15) is 0 Å². The van der Waals surface area contributed by atoms with Gasteiger partial charge in [0.2, 0.25) is 0 Å². The smallest absolute Gasteiger partial charge is 0.151 e. The summed E-state index contributed by atoms with van der Waals surface area (Å²) in [6, 6.07) is -0.155. The van der Waals surface area contributed by atoms with Crippen molar-refractivity contribution < 1.29 is 18.6 Å². The molecule has 1 saturated heterocycles. The Hall–Kier alpha value is -0.170. The minimum absolute atomic E-state index is 0.106. The van der Waals surface area contributed by atoms with Gasteiger partial charge < -0.3 is 15.5 Å². The summed E-state index contributed by atoms with van der Waals surface area (Å²) in [5, 5.41) is 21.6. The fourth-order valence-corrected chi connectivity index (χ4v) is 3.67. The van der Waals surface area contributed by atoms with Crippen LogP contribution in [0.15, 0.2) is 0 Å². The van der Waals surface area contributed by atoms with Gasteiger partial charge in [0, 0.05) is 6.04 Å². The monoisotopic (exact) mass is 251 g/mol. The van der Waals surface area contributed by atoms with Crippen molar-refractivity contribution in [3.8, 4) is 0 Å². The van der Waals surface area contributed by atoms with E-state index < -0.39 is 15.4 Å². The van der Waals surface area contributed by atoms with E-state index in [2.05, 4.69) is 5.32 Å². The summed E-state index contributed by atoms with van der Waals surface area (Å²) in [5.41, 5.74) is -0.752. The van der Waals surface area contributed by atoms with Crippen LogP contribution in [0.3, 0.4) is 0 Å². The topological polar surface area (TPSA) is 86.6 Å². The third-order valence-electron chi connectivity index (χ3n) is 3.26. The van der Waals surface area contributed by atoms with Crippen LogP contribution in [-0.2, 0) is 9.84 Å². The van der Waals surface area contributed by atoms with Crippen LogP contribution in [0.1, 0.15) is 26.2 Å². The van der Waals surface area contributed by atoms with Gasteiger partial charge in [-0.15, -0.1) is 0 Å². The van der Waals surface area contributed by atoms with Gasteiger partial charge in [0.15, 0.2) is 9.84 Å². The summed E-state index contributed by atoms with van der Waals surface area (Å²) < 4.78 is 22.9. The quantitative estimate of drug-likeness (QED) is 0.601. The molecule has 1 unspecified atom stereocenters. The van der Waals surface area contributed by atoms with Crippen molar-refractivity contribution in [2.45, 2.75) is 37.8 Å². The van der Waals surface area contributed by atoms with Crippen molar-refractivity contribution >= 4 is 9.84 Å². The third kappa shape index (κ3) is 3.41. The second kappa shape index (κ2) is 5.44. The average Bonchev–Trinajstić information content (AvgIpc) is 2.25. The van der Waals surface area contributed by atoms with Gasteiger partial charge in [-0.25, -0.2) is 8.42 Å². The van der Waals surface area contributed by atoms with Crippen LogP contribution in [0, 0.1) is 0 Å². The Morgan fingerprint density at radius 3 is 2.44 bits per heavy atom. The maximum absolute atomic E-state index is 11.4. The number of aliphatic hydroxyl groups excluding tert-OH is 2. The molecule has 1 heterocycles. The summed E-state index contributed by atoms with van der Waals surface area (Å²) in [4.78, 5) is 0. The van der Waals surface area contributed by atoms with Crippen LogP contribution in [0.4, 0.5) is 0 Å². The lowest BCUT2D eigenvalue weighted by atomic mass is 9.96. The fourth-order valence-electron chi connectivity index (χ4n) is 2.04. The van der Waals surface area contributed by atoms with Gasteiger partial charge in [-0.3, -0.25) is 0 Å². The van der Waals surface area contributed by atoms with E-state index in [-0.39, 0.29) is 30.8 Å². The number of hydrogen-bond acceptors (Lipinski definition) is 5. The van der Waals surface area contributed by atoms with Gasteiger partial charge in [-0.1, -0.05) is 6.92 Å². The highest BCUT2D eigenvalue weighted by Gasteiger charge is 2.33. The molecule has 0 aromatic carbocycles. The first-order valence-electron chi connectivity index (χ1n) is 5.67. The molecule has 0 aromatic rings. The highest BCUT2D eigenvalue weighted by molar-refractivity contribution is 7.91. The van der Waals surface area contributed by atoms with Crippen LogP contribution in [0.5, 0.6) is 0 Å². The molecule has 0 radical (unpaired) electrons. The Bertz CT molecular complexity index is 303. The van der Waals surface area contributed by atoms with E-state index in [9.17, 15) is 18.6 Å². The summed E-state index contributed by atoms with van der Waals surface area (Å²) in [7, 11) is -2.95. The van der Waals surface area contributed by atoms with Crippen molar-refractivity contribution in [2.75, 3.05) is 24.7 Å². The molecule has 0 amide bonds. The lowest BCUT2D eigenvalue weighted by molar-refractivity contribution is 0.0782. The summed E-state index contributed by atoms with van der Waals surface area (Å²) >= 11 is 0. The molecule has 96 valence electrons. The van der Waals surface area contributed by atoms with E-state index in [0.717, 1.165) is 6.42 Å². The van der Waals surface area contributed by atoms with Crippen LogP contribution in [0.2, 0.25) is 0 Å². The number of hydrogen-bond donors (Lipinski definition) is 3. The molecule has 0 bridgehead atoms. The fraction of sp³-hybridized carbons (Fsp3) is 1.00. The first-order chi connectivity index (χ1) is 7.47. The maximum Gasteiger partial charge on any atom is 0.151 e. The van der Waals surface area contributed by atoms with E-state index in [4.69, 9.17) is 0 Å². The van der Waals surface area contributed by atoms with Gasteiger partial charge in [0.05, 0.1) is 30.3 Å². The van der Waals surface area contributed by atoms with Crippen LogP contribution >= 0.6 is 0 Å². The highest BCUT2D eigenvalue weighted by atomic mass is 32.2. The number of sulfone groups is 1. The van der Waals surface area contributed by atoms with Crippen molar-refractivity contribution in [3.05, 3.63) is 0 Å². The molecule has 0 saturated carbocycles. The maximum atomic E-state index is 11.4. The standard InChI is InChI=1S/C10H21NO4S/c1-2-10(7-12,8-13)11-9-4-3-5-16(14,15)6-9/h9,11-13H,2-8H2,1H3. The normalized spacial score (nSPS) is 25.6. The van der Waals surface area contributed by atoms with E-state index in [1.54, 1.807) is 0 Å². The summed E-state index contributed by atoms with van der Waals surface area (Å²) in [6.07, 6.45) is 1.99. The second-order valence-electron chi connectivity index (χ2n) is 4.55. The molecule has 6 heteroatoms. The van der Waals surface area contributed by atoms with Crippen molar-refractivity contribution in [1.82, 2.24) is 5.32 Å². The largest absolute Gasteiger partial charge is 0.394 e. The number of rotatable bonds is 5. The highest BCUT2D eigenvalue weighted by Crippen LogP contribution is 2.17. The lowest BCUT2D eigenvalue weighted by Crippen LogP contribution is -2.57. The molecule has 3 N–H and O–H groups in total. The first kappa shape index (κ1) is 13.9. The van der Waals surface area contributed by atoms with Crippen molar-refractivity contribution in [2.24, 2.45) is 0 Å². The molecule has 1 rings (SSSR count). The Morgan fingerprint density at radius 1 is 1.38 bits per heavy atom. The predicted octanol–water partition coefficient (Wildman–Crippen LogP) is -0.713. The molecule has 16 heavy (non-hydrogen) atoms. The summed E-state index contributed by atoms with van der Waals surface area (Å²) in [6.45, 7) is 1.49. The van der Waals surface area contributed by atoms with E-state index in [1.807, 2.05) is 6.92 Å². The number of nitrogens with one attached hydrogen (secondary N) is 1. The SMILES string of the molecule is CCC(CO)(CO)NC1CCCS(=O)(=O)C1. The van der Waals surface area contributed by atoms with Crippen LogP contribution < -0.4 is 5.32 Å². The van der Waals surface area contributed by atoms with Gasteiger partial charge in [0.25, 0.3) is 0 Å². The van der Waals surface area contributed by atoms with Crippen LogP contribution in [0.25, 0.3) is 0 Å². The van der Waals surface area contributed by atoms with Crippen molar-refractivity contribution in [1.29, 1.82) is 0 Å². The van der Waals surface area contributed by atoms with Crippen LogP contribution in [-0.4, -0.2) is 54.9 Å². The number of aliphatic hydroxyl groups is 2. The second-order valence-corrected chi connectivity index (χ2v) is 6.78. The Morgan fingerprint density at radius 2 is 2.00 bits per heavy atom. The average molecular weight is 251 g/mol. The Balaban J connectivity index is 2.65. The summed E-state index contributed by atoms with van der Waals surface area (Å²) in [5.74, 6) is 0.358. The molecule has 1 aliphatic heterocycles. The molecule has 1 atom stereocenters. The Labute approximate surface area is 96.8 Å². The first-order valence-corrected chi connectivity index (χ1v) is 7.49. The molecule has 0 aliphatic carbocycles. The lowest BCUT2D eigenvalue weighted by Gasteiger charge is -2.36. The zero-order chi connectivity index (χ0) is 12.2. The van der Waals surface area contributed by atoms with Gasteiger partial charge >= 0.3 is 0 Å². The van der Waals surface area contributed by atoms with Crippen molar-refractivity contribution in [3.63, 3.8) is 0 Å². The zero-order valence-corrected chi connectivity index (χ0v) is 10.5. The minimum Gasteiger partial charge on any atom is -0.394 e. The zero-order valence-electron chi connectivity index (χ0n) is 9.65. The predicted molar refractivity (Wildman–Crippen MR) is 62.0 cm³/mol. The molecule has 5 nitrogen and oxygen atoms in total. The van der Waals surface area contributed by atoms with Gasteiger partial charge in [-0.05, 0) is 19.3 Å². The van der Waals surface area contributed by atoms with E-state index >= 15 is 0 Å².